The SMILES string of the molecule is C=Cc1ccccc1.CN1C(=O)C=CC1=O.O=C1C=CC(=O)O1. The quantitative estimate of drug-likeness (QED) is 0.446. The number of imide groups is 1. The fraction of sp³-hybridized carbons (Fsp3) is 0.0588. The van der Waals surface area contributed by atoms with Crippen molar-refractivity contribution >= 4 is 29.8 Å². The maximum absolute atomic E-state index is 10.4. The van der Waals surface area contributed by atoms with E-state index >= 15 is 0 Å². The standard InChI is InChI=1S/C8H8.C5H5NO2.C4H2O3/c1-2-8-6-4-3-5-7-8;1-6-4(7)2-3-5(6)8;5-3-1-2-4(6)7-3/h2-7H,1H2;2-3H,1H3;1-2H. The van der Waals surface area contributed by atoms with E-state index in [4.69, 9.17) is 0 Å². The first-order chi connectivity index (χ1) is 10.9. The molecule has 3 rings (SSSR count). The third kappa shape index (κ3) is 6.34. The Morgan fingerprint density at radius 3 is 1.57 bits per heavy atom. The first-order valence-electron chi connectivity index (χ1n) is 6.55. The fourth-order valence-electron chi connectivity index (χ4n) is 1.37. The van der Waals surface area contributed by atoms with Gasteiger partial charge in [-0.15, -0.1) is 0 Å². The summed E-state index contributed by atoms with van der Waals surface area (Å²) in [4.78, 5) is 41.7. The van der Waals surface area contributed by atoms with Gasteiger partial charge in [0.2, 0.25) is 0 Å². The first-order valence-corrected chi connectivity index (χ1v) is 6.55. The van der Waals surface area contributed by atoms with Crippen LogP contribution in [0.2, 0.25) is 0 Å². The van der Waals surface area contributed by atoms with E-state index in [0.29, 0.717) is 0 Å². The molecule has 1 aromatic rings. The summed E-state index contributed by atoms with van der Waals surface area (Å²) in [7, 11) is 1.45. The number of ether oxygens (including phenoxy) is 1. The molecule has 2 aliphatic rings. The van der Waals surface area contributed by atoms with Crippen LogP contribution < -0.4 is 0 Å². The van der Waals surface area contributed by atoms with E-state index in [1.807, 2.05) is 36.4 Å². The van der Waals surface area contributed by atoms with Gasteiger partial charge in [-0.25, -0.2) is 9.59 Å². The van der Waals surface area contributed by atoms with Crippen LogP contribution in [0.5, 0.6) is 0 Å². The molecule has 0 spiro atoms. The van der Waals surface area contributed by atoms with Gasteiger partial charge in [-0.05, 0) is 5.56 Å². The van der Waals surface area contributed by atoms with Crippen molar-refractivity contribution in [3.63, 3.8) is 0 Å². The van der Waals surface area contributed by atoms with Crippen molar-refractivity contribution in [2.24, 2.45) is 0 Å². The van der Waals surface area contributed by atoms with Crippen LogP contribution in [0.25, 0.3) is 6.08 Å². The minimum Gasteiger partial charge on any atom is -0.387 e. The molecule has 0 N–H and O–H groups in total. The summed E-state index contributed by atoms with van der Waals surface area (Å²) in [6.07, 6.45) is 6.51. The Balaban J connectivity index is 0.000000173. The molecule has 6 heteroatoms. The van der Waals surface area contributed by atoms with Gasteiger partial charge >= 0.3 is 11.9 Å². The van der Waals surface area contributed by atoms with Crippen molar-refractivity contribution in [2.75, 3.05) is 7.05 Å². The van der Waals surface area contributed by atoms with Gasteiger partial charge < -0.3 is 4.74 Å². The molecule has 0 saturated heterocycles. The molecule has 1 aromatic carbocycles. The Morgan fingerprint density at radius 2 is 1.35 bits per heavy atom. The Labute approximate surface area is 133 Å². The zero-order chi connectivity index (χ0) is 17.2. The Bertz CT molecular complexity index is 639. The smallest absolute Gasteiger partial charge is 0.338 e. The summed E-state index contributed by atoms with van der Waals surface area (Å²) >= 11 is 0. The van der Waals surface area contributed by atoms with Crippen molar-refractivity contribution in [2.45, 2.75) is 0 Å². The summed E-state index contributed by atoms with van der Waals surface area (Å²) in [5.74, 6) is -1.64. The van der Waals surface area contributed by atoms with Crippen molar-refractivity contribution in [3.8, 4) is 0 Å². The van der Waals surface area contributed by atoms with E-state index < -0.39 is 11.9 Å². The number of rotatable bonds is 1. The number of cyclic esters (lactones) is 2. The topological polar surface area (TPSA) is 80.8 Å². The lowest BCUT2D eigenvalue weighted by atomic mass is 10.2. The highest BCUT2D eigenvalue weighted by Gasteiger charge is 2.17. The predicted octanol–water partition coefficient (Wildman–Crippen LogP) is 1.50. The van der Waals surface area contributed by atoms with E-state index in [-0.39, 0.29) is 11.8 Å². The number of nitrogens with zero attached hydrogens (tertiary/aromatic N) is 1. The van der Waals surface area contributed by atoms with Crippen LogP contribution in [0.4, 0.5) is 0 Å². The zero-order valence-electron chi connectivity index (χ0n) is 12.5. The number of likely N-dealkylation sites (N-methyl/N-ethyl adjacent to an activating group) is 1. The van der Waals surface area contributed by atoms with E-state index in [9.17, 15) is 19.2 Å². The maximum Gasteiger partial charge on any atom is 0.338 e. The normalized spacial score (nSPS) is 14.7. The molecular formula is C17H15NO5. The highest BCUT2D eigenvalue weighted by Crippen LogP contribution is 1.98. The molecule has 0 aromatic heterocycles. The third-order valence-electron chi connectivity index (χ3n) is 2.62. The van der Waals surface area contributed by atoms with Crippen LogP contribution >= 0.6 is 0 Å². The molecule has 0 fully saturated rings. The number of benzene rings is 1. The summed E-state index contributed by atoms with van der Waals surface area (Å²) in [5.41, 5.74) is 1.17. The van der Waals surface area contributed by atoms with Crippen LogP contribution in [0.3, 0.4) is 0 Å². The number of hydrogen-bond acceptors (Lipinski definition) is 5. The second-order valence-electron chi connectivity index (χ2n) is 4.26. The molecule has 2 amide bonds. The fourth-order valence-corrected chi connectivity index (χ4v) is 1.37. The molecule has 0 aliphatic carbocycles. The zero-order valence-corrected chi connectivity index (χ0v) is 12.5. The van der Waals surface area contributed by atoms with Crippen molar-refractivity contribution < 1.29 is 23.9 Å². The summed E-state index contributed by atoms with van der Waals surface area (Å²) in [6, 6.07) is 10.0. The number of hydrogen-bond donors (Lipinski definition) is 0. The first kappa shape index (κ1) is 17.8. The molecule has 2 aliphatic heterocycles. The van der Waals surface area contributed by atoms with Crippen LogP contribution in [-0.2, 0) is 23.9 Å². The minimum atomic E-state index is -0.579. The van der Waals surface area contributed by atoms with Crippen molar-refractivity contribution in [3.05, 3.63) is 66.8 Å². The molecule has 0 bridgehead atoms. The maximum atomic E-state index is 10.4. The average Bonchev–Trinajstić information content (AvgIpc) is 3.08. The van der Waals surface area contributed by atoms with Gasteiger partial charge in [-0.3, -0.25) is 14.5 Å². The molecule has 118 valence electrons. The highest BCUT2D eigenvalue weighted by atomic mass is 16.6. The molecule has 6 nitrogen and oxygen atoms in total. The number of amides is 2. The second-order valence-corrected chi connectivity index (χ2v) is 4.26. The molecule has 0 unspecified atom stereocenters. The van der Waals surface area contributed by atoms with Gasteiger partial charge in [0.05, 0.1) is 0 Å². The number of esters is 2. The van der Waals surface area contributed by atoms with Gasteiger partial charge in [0.1, 0.15) is 0 Å². The predicted molar refractivity (Wildman–Crippen MR) is 83.7 cm³/mol. The van der Waals surface area contributed by atoms with Gasteiger partial charge in [0.15, 0.2) is 0 Å². The lowest BCUT2D eigenvalue weighted by Gasteiger charge is -2.01. The second kappa shape index (κ2) is 8.89. The molecule has 0 saturated carbocycles. The van der Waals surface area contributed by atoms with Crippen LogP contribution in [0, 0.1) is 0 Å². The van der Waals surface area contributed by atoms with E-state index in [2.05, 4.69) is 11.3 Å². The van der Waals surface area contributed by atoms with E-state index in [0.717, 1.165) is 17.1 Å². The third-order valence-corrected chi connectivity index (χ3v) is 2.62. The molecular weight excluding hydrogens is 298 g/mol. The summed E-state index contributed by atoms with van der Waals surface area (Å²) < 4.78 is 3.97. The molecule has 0 radical (unpaired) electrons. The summed E-state index contributed by atoms with van der Waals surface area (Å²) in [6.45, 7) is 3.63. The van der Waals surface area contributed by atoms with Crippen LogP contribution in [0.1, 0.15) is 5.56 Å². The highest BCUT2D eigenvalue weighted by molar-refractivity contribution is 6.12. The molecule has 2 heterocycles. The van der Waals surface area contributed by atoms with Crippen molar-refractivity contribution in [1.29, 1.82) is 0 Å². The lowest BCUT2D eigenvalue weighted by Crippen LogP contribution is -2.24. The Hall–Kier alpha value is -3.28. The van der Waals surface area contributed by atoms with E-state index in [1.54, 1.807) is 0 Å². The number of carbonyl (C=O) groups excluding carboxylic acids is 4. The van der Waals surface area contributed by atoms with E-state index in [1.165, 1.54) is 24.8 Å². The van der Waals surface area contributed by atoms with Gasteiger partial charge in [0, 0.05) is 31.4 Å². The van der Waals surface area contributed by atoms with Crippen molar-refractivity contribution in [1.82, 2.24) is 4.90 Å². The molecule has 0 atom stereocenters. The van der Waals surface area contributed by atoms with Crippen LogP contribution in [-0.4, -0.2) is 35.7 Å². The average molecular weight is 313 g/mol. The van der Waals surface area contributed by atoms with Gasteiger partial charge in [0.25, 0.3) is 11.8 Å². The van der Waals surface area contributed by atoms with Gasteiger partial charge in [-0.2, -0.15) is 0 Å². The Morgan fingerprint density at radius 1 is 0.870 bits per heavy atom. The Kier molecular flexibility index (Phi) is 6.87. The molecule has 23 heavy (non-hydrogen) atoms. The van der Waals surface area contributed by atoms with Gasteiger partial charge in [-0.1, -0.05) is 43.0 Å². The summed E-state index contributed by atoms with van der Waals surface area (Å²) in [5, 5.41) is 0. The van der Waals surface area contributed by atoms with Crippen LogP contribution in [0.15, 0.2) is 61.2 Å². The lowest BCUT2D eigenvalue weighted by molar-refractivity contribution is -0.150. The monoisotopic (exact) mass is 313 g/mol. The number of carbonyl (C=O) groups is 4. The largest absolute Gasteiger partial charge is 0.387 e. The minimum absolute atomic E-state index is 0.241.